The predicted octanol–water partition coefficient (Wildman–Crippen LogP) is 0.625. The highest BCUT2D eigenvalue weighted by molar-refractivity contribution is 5.84. The van der Waals surface area contributed by atoms with Gasteiger partial charge in [0.25, 0.3) is 0 Å². The van der Waals surface area contributed by atoms with E-state index in [0.717, 1.165) is 6.54 Å². The van der Waals surface area contributed by atoms with Gasteiger partial charge in [0.05, 0.1) is 6.20 Å². The van der Waals surface area contributed by atoms with E-state index in [1.165, 1.54) is 30.1 Å². The molecule has 1 aromatic rings. The van der Waals surface area contributed by atoms with Gasteiger partial charge >= 0.3 is 5.97 Å². The summed E-state index contributed by atoms with van der Waals surface area (Å²) in [6.45, 7) is 3.44. The molecule has 7 heteroatoms. The minimum absolute atomic E-state index is 0.0425. The van der Waals surface area contributed by atoms with Gasteiger partial charge in [0, 0.05) is 13.1 Å². The lowest BCUT2D eigenvalue weighted by atomic mass is 9.85. The first-order chi connectivity index (χ1) is 9.10. The standard InChI is InChI=1S/C12H18N4O3/c1-2-15(6-9-4-3-5-9)11(17)8-16-7-10(12(18)19)13-14-16/h7,9H,2-6,8H2,1H3,(H,18,19). The highest BCUT2D eigenvalue weighted by Crippen LogP contribution is 2.27. The molecule has 1 heterocycles. The number of hydrogen-bond donors (Lipinski definition) is 1. The van der Waals surface area contributed by atoms with Crippen LogP contribution < -0.4 is 0 Å². The Morgan fingerprint density at radius 3 is 2.74 bits per heavy atom. The number of aromatic carboxylic acids is 1. The van der Waals surface area contributed by atoms with Crippen LogP contribution in [0.1, 0.15) is 36.7 Å². The van der Waals surface area contributed by atoms with Gasteiger partial charge in [-0.05, 0) is 25.7 Å². The fourth-order valence-corrected chi connectivity index (χ4v) is 2.11. The zero-order valence-electron chi connectivity index (χ0n) is 10.9. The Balaban J connectivity index is 1.91. The highest BCUT2D eigenvalue weighted by Gasteiger charge is 2.23. The second kappa shape index (κ2) is 5.81. The Bertz CT molecular complexity index is 467. The summed E-state index contributed by atoms with van der Waals surface area (Å²) in [5.41, 5.74) is -0.144. The molecular weight excluding hydrogens is 248 g/mol. The van der Waals surface area contributed by atoms with Crippen molar-refractivity contribution in [3.05, 3.63) is 11.9 Å². The molecule has 0 spiro atoms. The molecule has 0 radical (unpaired) electrons. The number of aromatic nitrogens is 3. The average molecular weight is 266 g/mol. The highest BCUT2D eigenvalue weighted by atomic mass is 16.4. The molecule has 1 aliphatic rings. The maximum Gasteiger partial charge on any atom is 0.358 e. The smallest absolute Gasteiger partial charge is 0.358 e. The van der Waals surface area contributed by atoms with Crippen molar-refractivity contribution in [2.45, 2.75) is 32.7 Å². The van der Waals surface area contributed by atoms with Crippen molar-refractivity contribution in [1.29, 1.82) is 0 Å². The fraction of sp³-hybridized carbons (Fsp3) is 0.667. The zero-order valence-corrected chi connectivity index (χ0v) is 10.9. The van der Waals surface area contributed by atoms with Gasteiger partial charge in [0.2, 0.25) is 5.91 Å². The molecule has 1 aromatic heterocycles. The van der Waals surface area contributed by atoms with E-state index in [-0.39, 0.29) is 18.1 Å². The van der Waals surface area contributed by atoms with E-state index < -0.39 is 5.97 Å². The van der Waals surface area contributed by atoms with Crippen LogP contribution in [0.25, 0.3) is 0 Å². The van der Waals surface area contributed by atoms with Crippen molar-refractivity contribution in [3.63, 3.8) is 0 Å². The summed E-state index contributed by atoms with van der Waals surface area (Å²) < 4.78 is 1.27. The SMILES string of the molecule is CCN(CC1CCC1)C(=O)Cn1cc(C(=O)O)nn1. The number of likely N-dealkylation sites (N-methyl/N-ethyl adjacent to an activating group) is 1. The Hall–Kier alpha value is -1.92. The summed E-state index contributed by atoms with van der Waals surface area (Å²) in [4.78, 5) is 24.6. The van der Waals surface area contributed by atoms with Crippen LogP contribution in [-0.2, 0) is 11.3 Å². The third-order valence-corrected chi connectivity index (χ3v) is 3.49. The number of carboxylic acid groups (broad SMARTS) is 1. The van der Waals surface area contributed by atoms with Crippen LogP contribution in [0.15, 0.2) is 6.20 Å². The molecule has 0 aliphatic heterocycles. The second-order valence-corrected chi connectivity index (χ2v) is 4.84. The minimum Gasteiger partial charge on any atom is -0.476 e. The van der Waals surface area contributed by atoms with E-state index in [0.29, 0.717) is 12.5 Å². The second-order valence-electron chi connectivity index (χ2n) is 4.84. The minimum atomic E-state index is -1.14. The Kier molecular flexibility index (Phi) is 4.13. The summed E-state index contributed by atoms with van der Waals surface area (Å²) in [7, 11) is 0. The van der Waals surface area contributed by atoms with Gasteiger partial charge in [-0.1, -0.05) is 11.6 Å². The molecule has 0 atom stereocenters. The van der Waals surface area contributed by atoms with E-state index in [2.05, 4.69) is 10.3 Å². The summed E-state index contributed by atoms with van der Waals surface area (Å²) in [6.07, 6.45) is 4.91. The number of rotatable bonds is 6. The molecule has 0 aromatic carbocycles. The van der Waals surface area contributed by atoms with Crippen LogP contribution in [0, 0.1) is 5.92 Å². The maximum atomic E-state index is 12.1. The molecule has 19 heavy (non-hydrogen) atoms. The molecule has 104 valence electrons. The largest absolute Gasteiger partial charge is 0.476 e. The molecule has 1 aliphatic carbocycles. The van der Waals surface area contributed by atoms with Crippen molar-refractivity contribution in [2.24, 2.45) is 5.92 Å². The van der Waals surface area contributed by atoms with Gasteiger partial charge in [-0.25, -0.2) is 9.48 Å². The van der Waals surface area contributed by atoms with E-state index in [9.17, 15) is 9.59 Å². The lowest BCUT2D eigenvalue weighted by Gasteiger charge is -2.31. The zero-order chi connectivity index (χ0) is 13.8. The van der Waals surface area contributed by atoms with Gasteiger partial charge in [-0.15, -0.1) is 5.10 Å². The number of nitrogens with zero attached hydrogens (tertiary/aromatic N) is 4. The number of carbonyl (C=O) groups excluding carboxylic acids is 1. The molecule has 1 saturated carbocycles. The van der Waals surface area contributed by atoms with Crippen molar-refractivity contribution in [2.75, 3.05) is 13.1 Å². The molecule has 7 nitrogen and oxygen atoms in total. The lowest BCUT2D eigenvalue weighted by molar-refractivity contribution is -0.132. The number of carboxylic acids is 1. The van der Waals surface area contributed by atoms with Gasteiger partial charge < -0.3 is 10.0 Å². The fourth-order valence-electron chi connectivity index (χ4n) is 2.11. The monoisotopic (exact) mass is 266 g/mol. The summed E-state index contributed by atoms with van der Waals surface area (Å²) in [6, 6.07) is 0. The van der Waals surface area contributed by atoms with E-state index in [1.807, 2.05) is 6.92 Å². The molecule has 0 unspecified atom stereocenters. The summed E-state index contributed by atoms with van der Waals surface area (Å²) in [5.74, 6) is -0.564. The first-order valence-electron chi connectivity index (χ1n) is 6.51. The number of hydrogen-bond acceptors (Lipinski definition) is 4. The number of carbonyl (C=O) groups is 2. The van der Waals surface area contributed by atoms with Crippen LogP contribution in [0.3, 0.4) is 0 Å². The van der Waals surface area contributed by atoms with Gasteiger partial charge in [0.15, 0.2) is 5.69 Å². The molecule has 0 bridgehead atoms. The quantitative estimate of drug-likeness (QED) is 0.815. The average Bonchev–Trinajstić information content (AvgIpc) is 2.76. The van der Waals surface area contributed by atoms with Gasteiger partial charge in [-0.2, -0.15) is 0 Å². The van der Waals surface area contributed by atoms with Gasteiger partial charge in [-0.3, -0.25) is 4.79 Å². The van der Waals surface area contributed by atoms with E-state index >= 15 is 0 Å². The Labute approximate surface area is 111 Å². The molecular formula is C12H18N4O3. The summed E-state index contributed by atoms with van der Waals surface area (Å²) >= 11 is 0. The van der Waals surface area contributed by atoms with Crippen molar-refractivity contribution < 1.29 is 14.7 Å². The van der Waals surface area contributed by atoms with Crippen LogP contribution in [0.2, 0.25) is 0 Å². The third-order valence-electron chi connectivity index (χ3n) is 3.49. The van der Waals surface area contributed by atoms with Crippen LogP contribution in [-0.4, -0.2) is 50.0 Å². The predicted molar refractivity (Wildman–Crippen MR) is 66.6 cm³/mol. The van der Waals surface area contributed by atoms with Crippen molar-refractivity contribution >= 4 is 11.9 Å². The summed E-state index contributed by atoms with van der Waals surface area (Å²) in [5, 5.41) is 15.9. The Morgan fingerprint density at radius 1 is 1.53 bits per heavy atom. The molecule has 1 fully saturated rings. The normalized spacial score (nSPS) is 15.0. The maximum absolute atomic E-state index is 12.1. The number of amides is 1. The lowest BCUT2D eigenvalue weighted by Crippen LogP contribution is -2.39. The Morgan fingerprint density at radius 2 is 2.26 bits per heavy atom. The molecule has 1 N–H and O–H groups in total. The topological polar surface area (TPSA) is 88.3 Å². The van der Waals surface area contributed by atoms with Crippen molar-refractivity contribution in [3.8, 4) is 0 Å². The van der Waals surface area contributed by atoms with Crippen LogP contribution >= 0.6 is 0 Å². The van der Waals surface area contributed by atoms with E-state index in [4.69, 9.17) is 5.11 Å². The molecule has 0 saturated heterocycles. The van der Waals surface area contributed by atoms with Crippen LogP contribution in [0.5, 0.6) is 0 Å². The van der Waals surface area contributed by atoms with Gasteiger partial charge in [0.1, 0.15) is 6.54 Å². The van der Waals surface area contributed by atoms with Crippen molar-refractivity contribution in [1.82, 2.24) is 19.9 Å². The van der Waals surface area contributed by atoms with E-state index in [1.54, 1.807) is 4.90 Å². The third kappa shape index (κ3) is 3.30. The molecule has 2 rings (SSSR count). The molecule has 1 amide bonds. The first-order valence-corrected chi connectivity index (χ1v) is 6.51. The first kappa shape index (κ1) is 13.5. The van der Waals surface area contributed by atoms with Crippen LogP contribution in [0.4, 0.5) is 0 Å².